The second-order valence-electron chi connectivity index (χ2n) is 8.06. The van der Waals surface area contributed by atoms with Crippen LogP contribution in [0.5, 0.6) is 0 Å². The van der Waals surface area contributed by atoms with Gasteiger partial charge in [0.25, 0.3) is 0 Å². The molecule has 0 spiro atoms. The Hall–Kier alpha value is -2.66. The molecule has 5 atom stereocenters. The third-order valence-corrected chi connectivity index (χ3v) is 5.66. The van der Waals surface area contributed by atoms with E-state index in [1.807, 2.05) is 37.3 Å². The lowest BCUT2D eigenvalue weighted by molar-refractivity contribution is -0.143. The lowest BCUT2D eigenvalue weighted by Crippen LogP contribution is -2.22. The first-order valence-electron chi connectivity index (χ1n) is 10.7. The molecule has 0 amide bonds. The van der Waals surface area contributed by atoms with Crippen molar-refractivity contribution in [2.45, 2.75) is 57.3 Å². The molecular weight excluding hydrogens is 380 g/mol. The van der Waals surface area contributed by atoms with Crippen molar-refractivity contribution < 1.29 is 24.2 Å². The molecule has 5 heteroatoms. The Morgan fingerprint density at radius 1 is 1.20 bits per heavy atom. The first kappa shape index (κ1) is 22.0. The Balaban J connectivity index is 1.63. The number of aliphatic hydroxyl groups excluding tert-OH is 1. The smallest absolute Gasteiger partial charge is 0.331 e. The average molecular weight is 411 g/mol. The van der Waals surface area contributed by atoms with Crippen molar-refractivity contribution >= 4 is 18.0 Å². The fourth-order valence-electron chi connectivity index (χ4n) is 4.11. The van der Waals surface area contributed by atoms with Crippen LogP contribution >= 0.6 is 0 Å². The highest BCUT2D eigenvalue weighted by Crippen LogP contribution is 2.38. The Kier molecular flexibility index (Phi) is 8.03. The SMILES string of the molecule is C[C@H]1CCC/C=C/[C@@H]2C[C@H](OC(=O)/C=C/c3ccccc3)C[C@H]2[C@H](O)/C=C/C(=O)O1. The molecule has 0 unspecified atom stereocenters. The fourth-order valence-corrected chi connectivity index (χ4v) is 4.11. The third-order valence-electron chi connectivity index (χ3n) is 5.66. The molecule has 3 rings (SSSR count). The normalized spacial score (nSPS) is 32.2. The van der Waals surface area contributed by atoms with Crippen LogP contribution in [0.15, 0.2) is 60.7 Å². The van der Waals surface area contributed by atoms with E-state index in [1.54, 1.807) is 6.08 Å². The second kappa shape index (κ2) is 10.9. The summed E-state index contributed by atoms with van der Waals surface area (Å²) in [6, 6.07) is 9.57. The fraction of sp³-hybridized carbons (Fsp3) is 0.440. The van der Waals surface area contributed by atoms with Gasteiger partial charge in [-0.3, -0.25) is 0 Å². The largest absolute Gasteiger partial charge is 0.460 e. The first-order valence-corrected chi connectivity index (χ1v) is 10.7. The van der Waals surface area contributed by atoms with Gasteiger partial charge < -0.3 is 14.6 Å². The van der Waals surface area contributed by atoms with Gasteiger partial charge in [-0.2, -0.15) is 0 Å². The van der Waals surface area contributed by atoms with Crippen molar-refractivity contribution in [3.8, 4) is 0 Å². The minimum atomic E-state index is -0.799. The van der Waals surface area contributed by atoms with E-state index in [-0.39, 0.29) is 30.0 Å². The molecule has 160 valence electrons. The number of hydrogen-bond donors (Lipinski definition) is 1. The van der Waals surface area contributed by atoms with Crippen LogP contribution in [0, 0.1) is 11.8 Å². The number of allylic oxidation sites excluding steroid dienone is 2. The maximum Gasteiger partial charge on any atom is 0.331 e. The summed E-state index contributed by atoms with van der Waals surface area (Å²) in [7, 11) is 0. The zero-order valence-electron chi connectivity index (χ0n) is 17.4. The monoisotopic (exact) mass is 410 g/mol. The summed E-state index contributed by atoms with van der Waals surface area (Å²) >= 11 is 0. The molecule has 1 aromatic carbocycles. The van der Waals surface area contributed by atoms with Gasteiger partial charge in [-0.25, -0.2) is 9.59 Å². The van der Waals surface area contributed by atoms with Gasteiger partial charge in [-0.05, 0) is 68.6 Å². The molecule has 1 aliphatic heterocycles. The zero-order valence-corrected chi connectivity index (χ0v) is 17.4. The summed E-state index contributed by atoms with van der Waals surface area (Å²) < 4.78 is 11.0. The molecule has 1 heterocycles. The van der Waals surface area contributed by atoms with E-state index < -0.39 is 12.1 Å². The Morgan fingerprint density at radius 3 is 2.80 bits per heavy atom. The van der Waals surface area contributed by atoms with Gasteiger partial charge in [-0.15, -0.1) is 0 Å². The molecule has 1 fully saturated rings. The van der Waals surface area contributed by atoms with E-state index in [2.05, 4.69) is 12.2 Å². The van der Waals surface area contributed by atoms with Crippen LogP contribution < -0.4 is 0 Å². The highest BCUT2D eigenvalue weighted by Gasteiger charge is 2.38. The van der Waals surface area contributed by atoms with Crippen LogP contribution in [0.1, 0.15) is 44.6 Å². The van der Waals surface area contributed by atoms with Crippen LogP contribution in [0.3, 0.4) is 0 Å². The molecule has 1 saturated carbocycles. The van der Waals surface area contributed by atoms with Crippen molar-refractivity contribution in [2.24, 2.45) is 11.8 Å². The van der Waals surface area contributed by atoms with Gasteiger partial charge in [-0.1, -0.05) is 42.5 Å². The highest BCUT2D eigenvalue weighted by molar-refractivity contribution is 5.87. The average Bonchev–Trinajstić information content (AvgIpc) is 3.13. The van der Waals surface area contributed by atoms with E-state index in [1.165, 1.54) is 18.2 Å². The van der Waals surface area contributed by atoms with Crippen molar-refractivity contribution in [2.75, 3.05) is 0 Å². The highest BCUT2D eigenvalue weighted by atomic mass is 16.5. The molecule has 2 aliphatic rings. The van der Waals surface area contributed by atoms with Crippen LogP contribution in [0.4, 0.5) is 0 Å². The summed E-state index contributed by atoms with van der Waals surface area (Å²) in [6.07, 6.45) is 12.9. The van der Waals surface area contributed by atoms with E-state index in [0.717, 1.165) is 24.8 Å². The number of benzene rings is 1. The third kappa shape index (κ3) is 6.70. The van der Waals surface area contributed by atoms with E-state index in [0.29, 0.717) is 12.8 Å². The lowest BCUT2D eigenvalue weighted by atomic mass is 9.90. The number of hydrogen-bond acceptors (Lipinski definition) is 5. The van der Waals surface area contributed by atoms with Crippen LogP contribution in [-0.4, -0.2) is 35.4 Å². The molecule has 5 nitrogen and oxygen atoms in total. The molecule has 1 aliphatic carbocycles. The summed E-state index contributed by atoms with van der Waals surface area (Å²) in [5.74, 6) is -0.837. The number of aliphatic hydroxyl groups is 1. The lowest BCUT2D eigenvalue weighted by Gasteiger charge is -2.19. The maximum absolute atomic E-state index is 12.2. The van der Waals surface area contributed by atoms with Crippen LogP contribution in [-0.2, 0) is 19.1 Å². The Labute approximate surface area is 178 Å². The van der Waals surface area contributed by atoms with Gasteiger partial charge >= 0.3 is 11.9 Å². The van der Waals surface area contributed by atoms with Gasteiger partial charge in [0.1, 0.15) is 6.10 Å². The number of ether oxygens (including phenoxy) is 2. The van der Waals surface area contributed by atoms with E-state index in [4.69, 9.17) is 9.47 Å². The number of cyclic esters (lactones) is 1. The predicted octanol–water partition coefficient (Wildman–Crippen LogP) is 4.23. The molecule has 0 bridgehead atoms. The zero-order chi connectivity index (χ0) is 21.3. The summed E-state index contributed by atoms with van der Waals surface area (Å²) in [5.41, 5.74) is 0.933. The molecule has 0 saturated heterocycles. The van der Waals surface area contributed by atoms with Crippen molar-refractivity contribution in [3.05, 3.63) is 66.3 Å². The molecule has 0 radical (unpaired) electrons. The van der Waals surface area contributed by atoms with Gasteiger partial charge in [0.15, 0.2) is 0 Å². The summed E-state index contributed by atoms with van der Waals surface area (Å²) in [5, 5.41) is 10.6. The number of carbonyl (C=O) groups excluding carboxylic acids is 2. The van der Waals surface area contributed by atoms with Crippen LogP contribution in [0.2, 0.25) is 0 Å². The standard InChI is InChI=1S/C25H30O5/c1-18-8-4-2-7-11-20-16-21(17-22(20)23(26)13-15-24(27)29-18)30-25(28)14-12-19-9-5-3-6-10-19/h3,5-7,9-15,18,20-23,26H,2,4,8,16-17H2,1H3/b11-7+,14-12+,15-13+/t18-,20+,21-,22+,23+/m0/s1. The van der Waals surface area contributed by atoms with Gasteiger partial charge in [0.2, 0.25) is 0 Å². The van der Waals surface area contributed by atoms with Gasteiger partial charge in [0.05, 0.1) is 12.2 Å². The number of rotatable bonds is 3. The topological polar surface area (TPSA) is 72.8 Å². The molecule has 0 aromatic heterocycles. The summed E-state index contributed by atoms with van der Waals surface area (Å²) in [4.78, 5) is 24.2. The maximum atomic E-state index is 12.2. The predicted molar refractivity (Wildman–Crippen MR) is 115 cm³/mol. The van der Waals surface area contributed by atoms with Crippen molar-refractivity contribution in [1.29, 1.82) is 0 Å². The minimum absolute atomic E-state index is 0.0924. The first-order chi connectivity index (χ1) is 14.5. The van der Waals surface area contributed by atoms with E-state index in [9.17, 15) is 14.7 Å². The minimum Gasteiger partial charge on any atom is -0.460 e. The van der Waals surface area contributed by atoms with Gasteiger partial charge in [0, 0.05) is 12.2 Å². The van der Waals surface area contributed by atoms with E-state index >= 15 is 0 Å². The molecule has 1 aromatic rings. The Bertz CT molecular complexity index is 795. The summed E-state index contributed by atoms with van der Waals surface area (Å²) in [6.45, 7) is 1.88. The van der Waals surface area contributed by atoms with Crippen molar-refractivity contribution in [3.63, 3.8) is 0 Å². The Morgan fingerprint density at radius 2 is 2.00 bits per heavy atom. The van der Waals surface area contributed by atoms with Crippen LogP contribution in [0.25, 0.3) is 6.08 Å². The molecule has 1 N–H and O–H groups in total. The molecule has 30 heavy (non-hydrogen) atoms. The quantitative estimate of drug-likeness (QED) is 0.459. The number of esters is 2. The number of fused-ring (bicyclic) bond motifs is 1. The number of carbonyl (C=O) groups is 2. The second-order valence-corrected chi connectivity index (χ2v) is 8.06. The molecular formula is C25H30O5. The van der Waals surface area contributed by atoms with Crippen molar-refractivity contribution in [1.82, 2.24) is 0 Å².